The summed E-state index contributed by atoms with van der Waals surface area (Å²) in [6, 6.07) is 0. The highest BCUT2D eigenvalue weighted by Gasteiger charge is 1.88. The van der Waals surface area contributed by atoms with E-state index in [0.717, 1.165) is 26.1 Å². The summed E-state index contributed by atoms with van der Waals surface area (Å²) in [7, 11) is 0. The predicted molar refractivity (Wildman–Crippen MR) is 43.4 cm³/mol. The summed E-state index contributed by atoms with van der Waals surface area (Å²) in [5, 5.41) is 8.24. The fraction of sp³-hybridized carbons (Fsp3) is 1.00. The number of ether oxygens (including phenoxy) is 2. The molecule has 0 saturated heterocycles. The van der Waals surface area contributed by atoms with Crippen LogP contribution in [-0.4, -0.2) is 31.7 Å². The van der Waals surface area contributed by atoms with Crippen molar-refractivity contribution in [1.82, 2.24) is 0 Å². The molecule has 0 rings (SSSR count). The molecule has 68 valence electrons. The van der Waals surface area contributed by atoms with Gasteiger partial charge in [-0.25, -0.2) is 0 Å². The quantitative estimate of drug-likeness (QED) is 0.430. The van der Waals surface area contributed by atoms with E-state index in [1.807, 2.05) is 0 Å². The van der Waals surface area contributed by atoms with Crippen LogP contribution in [0.2, 0.25) is 0 Å². The van der Waals surface area contributed by atoms with Crippen LogP contribution in [0.1, 0.15) is 26.2 Å². The van der Waals surface area contributed by atoms with E-state index in [2.05, 4.69) is 6.92 Å². The normalized spacial score (nSPS) is 10.4. The van der Waals surface area contributed by atoms with Gasteiger partial charge in [0.2, 0.25) is 0 Å². The minimum atomic E-state index is -0.186. The molecule has 0 amide bonds. The molecule has 0 aromatic heterocycles. The molecule has 0 fully saturated rings. The Bertz CT molecular complexity index is 58.4. The van der Waals surface area contributed by atoms with Crippen LogP contribution in [-0.2, 0) is 9.47 Å². The first-order valence-corrected chi connectivity index (χ1v) is 4.18. The third-order valence-corrected chi connectivity index (χ3v) is 1.31. The largest absolute Gasteiger partial charge is 0.381 e. The Morgan fingerprint density at radius 1 is 1.00 bits per heavy atom. The topological polar surface area (TPSA) is 38.7 Å². The third-order valence-electron chi connectivity index (χ3n) is 1.31. The first kappa shape index (κ1) is 10.9. The van der Waals surface area contributed by atoms with Gasteiger partial charge in [0, 0.05) is 13.2 Å². The summed E-state index contributed by atoms with van der Waals surface area (Å²) in [4.78, 5) is 0. The number of unbranched alkanes of at least 4 members (excludes halogenated alkanes) is 1. The second-order valence-corrected chi connectivity index (χ2v) is 2.36. The van der Waals surface area contributed by atoms with Crippen molar-refractivity contribution in [2.24, 2.45) is 0 Å². The number of aliphatic hydroxyl groups excluding tert-OH is 1. The van der Waals surface area contributed by atoms with Crippen LogP contribution < -0.4 is 0 Å². The monoisotopic (exact) mass is 162 g/mol. The molecule has 0 aromatic rings. The van der Waals surface area contributed by atoms with Crippen molar-refractivity contribution in [2.45, 2.75) is 26.2 Å². The molecule has 0 spiro atoms. The molecule has 0 atom stereocenters. The maximum Gasteiger partial charge on any atom is 0.143 e. The summed E-state index contributed by atoms with van der Waals surface area (Å²) in [5.41, 5.74) is 0. The van der Waals surface area contributed by atoms with Crippen LogP contribution in [0.15, 0.2) is 0 Å². The van der Waals surface area contributed by atoms with Gasteiger partial charge < -0.3 is 14.6 Å². The van der Waals surface area contributed by atoms with E-state index in [0.29, 0.717) is 6.61 Å². The van der Waals surface area contributed by atoms with E-state index in [-0.39, 0.29) is 6.79 Å². The van der Waals surface area contributed by atoms with Gasteiger partial charge >= 0.3 is 0 Å². The van der Waals surface area contributed by atoms with Gasteiger partial charge in [0.15, 0.2) is 0 Å². The van der Waals surface area contributed by atoms with Gasteiger partial charge in [-0.15, -0.1) is 0 Å². The SMILES string of the molecule is CCCCOCCCOCO. The van der Waals surface area contributed by atoms with Crippen LogP contribution >= 0.6 is 0 Å². The molecule has 0 bridgehead atoms. The zero-order chi connectivity index (χ0) is 8.36. The Kier molecular flexibility index (Phi) is 9.77. The summed E-state index contributed by atoms with van der Waals surface area (Å²) in [5.74, 6) is 0. The molecule has 0 unspecified atom stereocenters. The Balaban J connectivity index is 2.69. The summed E-state index contributed by atoms with van der Waals surface area (Å²) in [6.45, 7) is 4.12. The lowest BCUT2D eigenvalue weighted by molar-refractivity contribution is -0.0107. The van der Waals surface area contributed by atoms with Gasteiger partial charge in [0.05, 0.1) is 6.61 Å². The highest BCUT2D eigenvalue weighted by Crippen LogP contribution is 1.89. The van der Waals surface area contributed by atoms with Crippen LogP contribution in [0.4, 0.5) is 0 Å². The lowest BCUT2D eigenvalue weighted by Crippen LogP contribution is -2.02. The van der Waals surface area contributed by atoms with Crippen LogP contribution in [0.25, 0.3) is 0 Å². The standard InChI is InChI=1S/C8H18O3/c1-2-3-5-10-6-4-7-11-8-9/h9H,2-8H2,1H3. The molecule has 3 heteroatoms. The van der Waals surface area contributed by atoms with Gasteiger partial charge in [0.1, 0.15) is 6.79 Å². The molecule has 11 heavy (non-hydrogen) atoms. The van der Waals surface area contributed by atoms with Gasteiger partial charge in [0.25, 0.3) is 0 Å². The first-order chi connectivity index (χ1) is 5.41. The molecule has 0 saturated carbocycles. The van der Waals surface area contributed by atoms with Crippen molar-refractivity contribution in [3.8, 4) is 0 Å². The molecule has 1 N–H and O–H groups in total. The Morgan fingerprint density at radius 2 is 1.64 bits per heavy atom. The van der Waals surface area contributed by atoms with E-state index < -0.39 is 0 Å². The molecule has 0 heterocycles. The van der Waals surface area contributed by atoms with E-state index in [1.165, 1.54) is 6.42 Å². The maximum absolute atomic E-state index is 8.24. The van der Waals surface area contributed by atoms with Crippen molar-refractivity contribution < 1.29 is 14.6 Å². The first-order valence-electron chi connectivity index (χ1n) is 4.18. The summed E-state index contributed by atoms with van der Waals surface area (Å²) in [6.07, 6.45) is 3.16. The number of hydrogen-bond donors (Lipinski definition) is 1. The van der Waals surface area contributed by atoms with Crippen molar-refractivity contribution in [3.05, 3.63) is 0 Å². The van der Waals surface area contributed by atoms with E-state index in [9.17, 15) is 0 Å². The second kappa shape index (κ2) is 9.88. The lowest BCUT2D eigenvalue weighted by atomic mass is 10.4. The zero-order valence-corrected chi connectivity index (χ0v) is 7.21. The van der Waals surface area contributed by atoms with E-state index in [4.69, 9.17) is 14.6 Å². The van der Waals surface area contributed by atoms with Crippen molar-refractivity contribution in [2.75, 3.05) is 26.6 Å². The fourth-order valence-electron chi connectivity index (χ4n) is 0.676. The molecule has 0 aliphatic rings. The van der Waals surface area contributed by atoms with Gasteiger partial charge in [-0.05, 0) is 12.8 Å². The minimum Gasteiger partial charge on any atom is -0.381 e. The Labute approximate surface area is 68.3 Å². The number of rotatable bonds is 8. The molecule has 0 aliphatic heterocycles. The highest BCUT2D eigenvalue weighted by molar-refractivity contribution is 4.35. The molecule has 0 radical (unpaired) electrons. The Hall–Kier alpha value is -0.120. The molecule has 0 aliphatic carbocycles. The Morgan fingerprint density at radius 3 is 2.27 bits per heavy atom. The van der Waals surface area contributed by atoms with Crippen LogP contribution in [0.5, 0.6) is 0 Å². The smallest absolute Gasteiger partial charge is 0.143 e. The lowest BCUT2D eigenvalue weighted by Gasteiger charge is -2.02. The van der Waals surface area contributed by atoms with Crippen LogP contribution in [0, 0.1) is 0 Å². The van der Waals surface area contributed by atoms with Crippen molar-refractivity contribution >= 4 is 0 Å². The second-order valence-electron chi connectivity index (χ2n) is 2.36. The maximum atomic E-state index is 8.24. The molecular weight excluding hydrogens is 144 g/mol. The van der Waals surface area contributed by atoms with E-state index in [1.54, 1.807) is 0 Å². The predicted octanol–water partition coefficient (Wildman–Crippen LogP) is 1.16. The van der Waals surface area contributed by atoms with E-state index >= 15 is 0 Å². The number of aliphatic hydroxyl groups is 1. The van der Waals surface area contributed by atoms with Gasteiger partial charge in [-0.1, -0.05) is 13.3 Å². The average Bonchev–Trinajstić information content (AvgIpc) is 2.03. The van der Waals surface area contributed by atoms with Crippen LogP contribution in [0.3, 0.4) is 0 Å². The average molecular weight is 162 g/mol. The molecule has 3 nitrogen and oxygen atoms in total. The molecular formula is C8H18O3. The molecule has 0 aromatic carbocycles. The van der Waals surface area contributed by atoms with Gasteiger partial charge in [-0.3, -0.25) is 0 Å². The summed E-state index contributed by atoms with van der Waals surface area (Å²) >= 11 is 0. The fourth-order valence-corrected chi connectivity index (χ4v) is 0.676. The highest BCUT2D eigenvalue weighted by atomic mass is 16.6. The van der Waals surface area contributed by atoms with Crippen molar-refractivity contribution in [3.63, 3.8) is 0 Å². The van der Waals surface area contributed by atoms with Gasteiger partial charge in [-0.2, -0.15) is 0 Å². The third kappa shape index (κ3) is 9.88. The van der Waals surface area contributed by atoms with Crippen molar-refractivity contribution in [1.29, 1.82) is 0 Å². The number of hydrogen-bond acceptors (Lipinski definition) is 3. The zero-order valence-electron chi connectivity index (χ0n) is 7.21. The summed E-state index contributed by atoms with van der Waals surface area (Å²) < 4.78 is 9.97. The minimum absolute atomic E-state index is 0.186.